The number of nitrogens with one attached hydrogen (secondary N) is 1. The summed E-state index contributed by atoms with van der Waals surface area (Å²) in [5.41, 5.74) is 5.32. The highest BCUT2D eigenvalue weighted by Crippen LogP contribution is 2.34. The van der Waals surface area contributed by atoms with Crippen LogP contribution in [0.4, 0.5) is 0 Å². The largest absolute Gasteiger partial charge is 0.496 e. The number of carbonyl (C=O) groups excluding carboxylic acids is 1. The van der Waals surface area contributed by atoms with E-state index < -0.39 is 0 Å². The maximum absolute atomic E-state index is 11.6. The number of rotatable bonds is 9. The van der Waals surface area contributed by atoms with Crippen LogP contribution in [0.3, 0.4) is 0 Å². The fourth-order valence-corrected chi connectivity index (χ4v) is 2.84. The minimum Gasteiger partial charge on any atom is -0.496 e. The Morgan fingerprint density at radius 2 is 1.85 bits per heavy atom. The first kappa shape index (κ1) is 19.9. The average Bonchev–Trinajstić information content (AvgIpc) is 2.65. The zero-order chi connectivity index (χ0) is 18.9. The van der Waals surface area contributed by atoms with Gasteiger partial charge in [0.15, 0.2) is 0 Å². The molecule has 2 rings (SSSR count). The molecule has 2 aromatic carbocycles. The SMILES string of the molecule is COCCNCc1cc(C)ccc1-c1cc(CC(=O)OC)ccc1OC. The lowest BCUT2D eigenvalue weighted by molar-refractivity contribution is -0.139. The summed E-state index contributed by atoms with van der Waals surface area (Å²) in [6, 6.07) is 12.1. The van der Waals surface area contributed by atoms with Crippen molar-refractivity contribution in [2.45, 2.75) is 19.9 Å². The fraction of sp³-hybridized carbons (Fsp3) is 0.381. The number of hydrogen-bond acceptors (Lipinski definition) is 5. The lowest BCUT2D eigenvalue weighted by Gasteiger charge is -2.16. The van der Waals surface area contributed by atoms with Gasteiger partial charge in [-0.1, -0.05) is 29.8 Å². The minimum absolute atomic E-state index is 0.237. The summed E-state index contributed by atoms with van der Waals surface area (Å²) in [5, 5.41) is 3.39. The van der Waals surface area contributed by atoms with Crippen molar-refractivity contribution in [1.82, 2.24) is 5.32 Å². The summed E-state index contributed by atoms with van der Waals surface area (Å²) in [7, 11) is 4.75. The van der Waals surface area contributed by atoms with E-state index in [1.807, 2.05) is 18.2 Å². The van der Waals surface area contributed by atoms with Gasteiger partial charge < -0.3 is 19.5 Å². The normalized spacial score (nSPS) is 10.6. The molecule has 0 aromatic heterocycles. The molecule has 0 saturated carbocycles. The second-order valence-electron chi connectivity index (χ2n) is 6.12. The maximum atomic E-state index is 11.6. The highest BCUT2D eigenvalue weighted by atomic mass is 16.5. The van der Waals surface area contributed by atoms with Gasteiger partial charge in [0, 0.05) is 25.8 Å². The Morgan fingerprint density at radius 1 is 1.04 bits per heavy atom. The highest BCUT2D eigenvalue weighted by Gasteiger charge is 2.13. The quantitative estimate of drug-likeness (QED) is 0.552. The van der Waals surface area contributed by atoms with Gasteiger partial charge in [-0.15, -0.1) is 0 Å². The Morgan fingerprint density at radius 3 is 2.54 bits per heavy atom. The molecule has 5 heteroatoms. The third kappa shape index (κ3) is 5.31. The van der Waals surface area contributed by atoms with Gasteiger partial charge in [0.1, 0.15) is 5.75 Å². The van der Waals surface area contributed by atoms with Crippen molar-refractivity contribution in [2.24, 2.45) is 0 Å². The number of benzene rings is 2. The average molecular weight is 357 g/mol. The summed E-state index contributed by atoms with van der Waals surface area (Å²) in [4.78, 5) is 11.6. The zero-order valence-corrected chi connectivity index (χ0v) is 15.9. The van der Waals surface area contributed by atoms with Gasteiger partial charge in [0.2, 0.25) is 0 Å². The molecule has 0 spiro atoms. The molecule has 0 aliphatic rings. The molecule has 0 saturated heterocycles. The molecule has 0 aliphatic carbocycles. The van der Waals surface area contributed by atoms with Crippen molar-refractivity contribution in [3.63, 3.8) is 0 Å². The monoisotopic (exact) mass is 357 g/mol. The van der Waals surface area contributed by atoms with E-state index in [0.29, 0.717) is 6.61 Å². The molecule has 0 unspecified atom stereocenters. The summed E-state index contributed by atoms with van der Waals surface area (Å²) < 4.78 is 15.4. The van der Waals surface area contributed by atoms with E-state index in [9.17, 15) is 4.79 Å². The van der Waals surface area contributed by atoms with Crippen molar-refractivity contribution < 1.29 is 19.0 Å². The number of methoxy groups -OCH3 is 3. The number of aryl methyl sites for hydroxylation is 1. The second-order valence-corrected chi connectivity index (χ2v) is 6.12. The van der Waals surface area contributed by atoms with E-state index in [-0.39, 0.29) is 12.4 Å². The maximum Gasteiger partial charge on any atom is 0.309 e. The third-order valence-electron chi connectivity index (χ3n) is 4.19. The topological polar surface area (TPSA) is 56.8 Å². The summed E-state index contributed by atoms with van der Waals surface area (Å²) in [5.74, 6) is 0.520. The van der Waals surface area contributed by atoms with Crippen LogP contribution in [0.1, 0.15) is 16.7 Å². The molecule has 0 bridgehead atoms. The molecule has 0 fully saturated rings. The number of esters is 1. The van der Waals surface area contributed by atoms with E-state index in [4.69, 9.17) is 14.2 Å². The lowest BCUT2D eigenvalue weighted by atomic mass is 9.95. The van der Waals surface area contributed by atoms with Gasteiger partial charge >= 0.3 is 5.97 Å². The smallest absolute Gasteiger partial charge is 0.309 e. The van der Waals surface area contributed by atoms with Crippen LogP contribution in [0.15, 0.2) is 36.4 Å². The Bertz CT molecular complexity index is 743. The molecular formula is C21H27NO4. The molecule has 140 valence electrons. The first-order chi connectivity index (χ1) is 12.6. The molecule has 0 aliphatic heterocycles. The Hall–Kier alpha value is -2.37. The first-order valence-electron chi connectivity index (χ1n) is 8.62. The predicted octanol–water partition coefficient (Wildman–Crippen LogP) is 3.12. The highest BCUT2D eigenvalue weighted by molar-refractivity contribution is 5.77. The predicted molar refractivity (Wildman–Crippen MR) is 102 cm³/mol. The first-order valence-corrected chi connectivity index (χ1v) is 8.62. The van der Waals surface area contributed by atoms with Gasteiger partial charge in [0.25, 0.3) is 0 Å². The van der Waals surface area contributed by atoms with Gasteiger partial charge in [-0.25, -0.2) is 0 Å². The van der Waals surface area contributed by atoms with E-state index in [1.54, 1.807) is 14.2 Å². The van der Waals surface area contributed by atoms with Crippen LogP contribution in [-0.4, -0.2) is 40.5 Å². The van der Waals surface area contributed by atoms with E-state index in [2.05, 4.69) is 30.4 Å². The number of ether oxygens (including phenoxy) is 3. The fourth-order valence-electron chi connectivity index (χ4n) is 2.84. The van der Waals surface area contributed by atoms with E-state index in [1.165, 1.54) is 18.2 Å². The summed E-state index contributed by atoms with van der Waals surface area (Å²) in [6.07, 6.45) is 0.237. The van der Waals surface area contributed by atoms with Crippen LogP contribution in [0.2, 0.25) is 0 Å². The minimum atomic E-state index is -0.258. The van der Waals surface area contributed by atoms with Crippen LogP contribution >= 0.6 is 0 Å². The van der Waals surface area contributed by atoms with Gasteiger partial charge in [-0.05, 0) is 35.7 Å². The van der Waals surface area contributed by atoms with Crippen LogP contribution in [0.25, 0.3) is 11.1 Å². The van der Waals surface area contributed by atoms with Crippen LogP contribution in [-0.2, 0) is 27.2 Å². The Kier molecular flexibility index (Phi) is 7.63. The van der Waals surface area contributed by atoms with Crippen molar-refractivity contribution in [2.75, 3.05) is 34.5 Å². The molecule has 0 heterocycles. The standard InChI is InChI=1S/C21H27NO4/c1-15-5-7-18(17(11-15)14-22-9-10-24-2)19-12-16(13-21(23)26-4)6-8-20(19)25-3/h5-8,11-12,22H,9-10,13-14H2,1-4H3. The van der Waals surface area contributed by atoms with Gasteiger partial charge in [0.05, 0.1) is 27.2 Å². The molecule has 2 aromatic rings. The molecule has 0 atom stereocenters. The summed E-state index contributed by atoms with van der Waals surface area (Å²) in [6.45, 7) is 4.25. The molecule has 5 nitrogen and oxygen atoms in total. The number of carbonyl (C=O) groups is 1. The van der Waals surface area contributed by atoms with E-state index in [0.717, 1.165) is 35.5 Å². The summed E-state index contributed by atoms with van der Waals surface area (Å²) >= 11 is 0. The molecule has 1 N–H and O–H groups in total. The lowest BCUT2D eigenvalue weighted by Crippen LogP contribution is -2.19. The number of hydrogen-bond donors (Lipinski definition) is 1. The van der Waals surface area contributed by atoms with Crippen molar-refractivity contribution in [3.8, 4) is 16.9 Å². The van der Waals surface area contributed by atoms with Crippen LogP contribution in [0.5, 0.6) is 5.75 Å². The van der Waals surface area contributed by atoms with Crippen molar-refractivity contribution >= 4 is 5.97 Å². The van der Waals surface area contributed by atoms with Crippen molar-refractivity contribution in [1.29, 1.82) is 0 Å². The Balaban J connectivity index is 2.38. The molecular weight excluding hydrogens is 330 g/mol. The molecule has 0 radical (unpaired) electrons. The molecule has 26 heavy (non-hydrogen) atoms. The van der Waals surface area contributed by atoms with Gasteiger partial charge in [-0.2, -0.15) is 0 Å². The second kappa shape index (κ2) is 9.94. The Labute approximate surface area is 155 Å². The third-order valence-corrected chi connectivity index (χ3v) is 4.19. The van der Waals surface area contributed by atoms with Crippen molar-refractivity contribution in [3.05, 3.63) is 53.1 Å². The van der Waals surface area contributed by atoms with Crippen LogP contribution in [0, 0.1) is 6.92 Å². The van der Waals surface area contributed by atoms with E-state index >= 15 is 0 Å². The molecule has 0 amide bonds. The van der Waals surface area contributed by atoms with Gasteiger partial charge in [-0.3, -0.25) is 4.79 Å². The zero-order valence-electron chi connectivity index (χ0n) is 15.9. The van der Waals surface area contributed by atoms with Crippen LogP contribution < -0.4 is 10.1 Å².